The Morgan fingerprint density at radius 2 is 2.00 bits per heavy atom. The fourth-order valence-electron chi connectivity index (χ4n) is 3.95. The van der Waals surface area contributed by atoms with Crippen molar-refractivity contribution in [2.24, 2.45) is 11.8 Å². The van der Waals surface area contributed by atoms with Crippen LogP contribution in [-0.2, 0) is 4.79 Å². The van der Waals surface area contributed by atoms with Crippen molar-refractivity contribution in [3.63, 3.8) is 0 Å². The molecule has 3 atom stereocenters. The van der Waals surface area contributed by atoms with E-state index in [0.717, 1.165) is 24.9 Å². The smallest absolute Gasteiger partial charge is 0.253 e. The third-order valence-electron chi connectivity index (χ3n) is 5.49. The Kier molecular flexibility index (Phi) is 4.42. The van der Waals surface area contributed by atoms with E-state index in [1.54, 1.807) is 0 Å². The Balaban J connectivity index is 1.71. The summed E-state index contributed by atoms with van der Waals surface area (Å²) in [6.07, 6.45) is 2.56. The SMILES string of the molecule is CC(C)c1cccc(C(=O)N(C)[C@H]2C[C@H]3CNC(=O)C[C@H]3C2)c1. The van der Waals surface area contributed by atoms with Crippen molar-refractivity contribution in [1.82, 2.24) is 10.2 Å². The number of benzene rings is 1. The first-order valence-corrected chi connectivity index (χ1v) is 8.59. The Morgan fingerprint density at radius 1 is 1.26 bits per heavy atom. The molecule has 1 aromatic carbocycles. The lowest BCUT2D eigenvalue weighted by molar-refractivity contribution is -0.124. The van der Waals surface area contributed by atoms with E-state index in [9.17, 15) is 9.59 Å². The van der Waals surface area contributed by atoms with Gasteiger partial charge in [-0.15, -0.1) is 0 Å². The van der Waals surface area contributed by atoms with Crippen molar-refractivity contribution in [2.45, 2.75) is 45.1 Å². The summed E-state index contributed by atoms with van der Waals surface area (Å²) < 4.78 is 0. The number of nitrogens with one attached hydrogen (secondary N) is 1. The molecule has 4 nitrogen and oxygen atoms in total. The molecule has 0 radical (unpaired) electrons. The normalized spacial score (nSPS) is 26.8. The fourth-order valence-corrected chi connectivity index (χ4v) is 3.95. The number of fused-ring (bicyclic) bond motifs is 1. The van der Waals surface area contributed by atoms with Crippen LogP contribution in [0.4, 0.5) is 0 Å². The number of piperidine rings is 1. The van der Waals surface area contributed by atoms with Gasteiger partial charge >= 0.3 is 0 Å². The average Bonchev–Trinajstić information content (AvgIpc) is 2.96. The summed E-state index contributed by atoms with van der Waals surface area (Å²) in [5.74, 6) is 1.63. The number of hydrogen-bond donors (Lipinski definition) is 1. The molecule has 3 rings (SSSR count). The molecule has 1 heterocycles. The number of nitrogens with zero attached hydrogens (tertiary/aromatic N) is 1. The molecule has 0 unspecified atom stereocenters. The van der Waals surface area contributed by atoms with Gasteiger partial charge in [-0.05, 0) is 48.3 Å². The first kappa shape index (κ1) is 16.0. The van der Waals surface area contributed by atoms with Crippen LogP contribution < -0.4 is 5.32 Å². The van der Waals surface area contributed by atoms with E-state index in [2.05, 4.69) is 25.2 Å². The number of hydrogen-bond acceptors (Lipinski definition) is 2. The Labute approximate surface area is 138 Å². The second kappa shape index (κ2) is 6.34. The third kappa shape index (κ3) is 3.26. The number of carbonyl (C=O) groups excluding carboxylic acids is 2. The van der Waals surface area contributed by atoms with Crippen LogP contribution in [0.1, 0.15) is 54.9 Å². The minimum Gasteiger partial charge on any atom is -0.356 e. The zero-order valence-corrected chi connectivity index (χ0v) is 14.2. The van der Waals surface area contributed by atoms with Gasteiger partial charge < -0.3 is 10.2 Å². The highest BCUT2D eigenvalue weighted by Crippen LogP contribution is 2.38. The van der Waals surface area contributed by atoms with Gasteiger partial charge in [-0.3, -0.25) is 9.59 Å². The molecule has 2 amide bonds. The zero-order chi connectivity index (χ0) is 16.6. The number of rotatable bonds is 3. The van der Waals surface area contributed by atoms with Crippen molar-refractivity contribution in [3.8, 4) is 0 Å². The first-order valence-electron chi connectivity index (χ1n) is 8.59. The first-order chi connectivity index (χ1) is 11.0. The van der Waals surface area contributed by atoms with Crippen molar-refractivity contribution < 1.29 is 9.59 Å². The predicted octanol–water partition coefficient (Wildman–Crippen LogP) is 2.80. The fraction of sp³-hybridized carbons (Fsp3) is 0.579. The molecule has 1 aromatic rings. The van der Waals surface area contributed by atoms with Gasteiger partial charge in [-0.2, -0.15) is 0 Å². The molecule has 1 N–H and O–H groups in total. The molecule has 1 aliphatic carbocycles. The molecule has 1 saturated heterocycles. The molecule has 124 valence electrons. The summed E-state index contributed by atoms with van der Waals surface area (Å²) in [7, 11) is 1.90. The van der Waals surface area contributed by atoms with Crippen molar-refractivity contribution in [2.75, 3.05) is 13.6 Å². The maximum Gasteiger partial charge on any atom is 0.253 e. The van der Waals surface area contributed by atoms with Crippen LogP contribution >= 0.6 is 0 Å². The van der Waals surface area contributed by atoms with Gasteiger partial charge in [0.05, 0.1) is 0 Å². The van der Waals surface area contributed by atoms with Crippen molar-refractivity contribution >= 4 is 11.8 Å². The van der Waals surface area contributed by atoms with Crippen LogP contribution in [0.25, 0.3) is 0 Å². The van der Waals surface area contributed by atoms with E-state index in [4.69, 9.17) is 0 Å². The molecule has 0 aromatic heterocycles. The molecule has 23 heavy (non-hydrogen) atoms. The van der Waals surface area contributed by atoms with Gasteiger partial charge in [0, 0.05) is 31.6 Å². The highest BCUT2D eigenvalue weighted by atomic mass is 16.2. The second-order valence-corrected chi connectivity index (χ2v) is 7.35. The van der Waals surface area contributed by atoms with Crippen LogP contribution in [-0.4, -0.2) is 36.3 Å². The number of carbonyl (C=O) groups is 2. The minimum atomic E-state index is 0.0930. The van der Waals surface area contributed by atoms with Gasteiger partial charge in [0.15, 0.2) is 0 Å². The van der Waals surface area contributed by atoms with Crippen LogP contribution in [0, 0.1) is 11.8 Å². The van der Waals surface area contributed by atoms with Gasteiger partial charge in [-0.25, -0.2) is 0 Å². The van der Waals surface area contributed by atoms with Gasteiger partial charge in [0.2, 0.25) is 5.91 Å². The molecule has 4 heteroatoms. The molecule has 2 fully saturated rings. The molecular formula is C19H26N2O2. The van der Waals surface area contributed by atoms with Crippen LogP contribution in [0.3, 0.4) is 0 Å². The summed E-state index contributed by atoms with van der Waals surface area (Å²) in [5.41, 5.74) is 1.96. The Bertz CT molecular complexity index is 611. The Hall–Kier alpha value is -1.84. The highest BCUT2D eigenvalue weighted by Gasteiger charge is 2.40. The van der Waals surface area contributed by atoms with Crippen LogP contribution in [0.5, 0.6) is 0 Å². The van der Waals surface area contributed by atoms with Gasteiger partial charge in [0.1, 0.15) is 0 Å². The number of amides is 2. The largest absolute Gasteiger partial charge is 0.356 e. The van der Waals surface area contributed by atoms with E-state index in [0.29, 0.717) is 24.2 Å². The highest BCUT2D eigenvalue weighted by molar-refractivity contribution is 5.94. The van der Waals surface area contributed by atoms with E-state index in [1.807, 2.05) is 30.1 Å². The van der Waals surface area contributed by atoms with E-state index < -0.39 is 0 Å². The van der Waals surface area contributed by atoms with Crippen molar-refractivity contribution in [3.05, 3.63) is 35.4 Å². The second-order valence-electron chi connectivity index (χ2n) is 7.35. The summed E-state index contributed by atoms with van der Waals surface area (Å²) in [6, 6.07) is 8.19. The Morgan fingerprint density at radius 3 is 2.74 bits per heavy atom. The van der Waals surface area contributed by atoms with E-state index >= 15 is 0 Å². The molecular weight excluding hydrogens is 288 g/mol. The molecule has 1 aliphatic heterocycles. The van der Waals surface area contributed by atoms with E-state index in [-0.39, 0.29) is 17.9 Å². The molecule has 0 spiro atoms. The molecule has 0 bridgehead atoms. The van der Waals surface area contributed by atoms with E-state index in [1.165, 1.54) is 5.56 Å². The maximum atomic E-state index is 12.8. The van der Waals surface area contributed by atoms with Crippen LogP contribution in [0.2, 0.25) is 0 Å². The topological polar surface area (TPSA) is 49.4 Å². The molecule has 1 saturated carbocycles. The zero-order valence-electron chi connectivity index (χ0n) is 14.2. The monoisotopic (exact) mass is 314 g/mol. The van der Waals surface area contributed by atoms with Crippen molar-refractivity contribution in [1.29, 1.82) is 0 Å². The summed E-state index contributed by atoms with van der Waals surface area (Å²) in [4.78, 5) is 26.3. The minimum absolute atomic E-state index is 0.0930. The van der Waals surface area contributed by atoms with Gasteiger partial charge in [0.25, 0.3) is 5.91 Å². The predicted molar refractivity (Wildman–Crippen MR) is 90.3 cm³/mol. The lowest BCUT2D eigenvalue weighted by atomic mass is 9.89. The summed E-state index contributed by atoms with van der Waals surface area (Å²) in [5, 5.41) is 2.95. The summed E-state index contributed by atoms with van der Waals surface area (Å²) in [6.45, 7) is 5.04. The lowest BCUT2D eigenvalue weighted by Gasteiger charge is -2.25. The van der Waals surface area contributed by atoms with Gasteiger partial charge in [-0.1, -0.05) is 26.0 Å². The standard InChI is InChI=1S/C19H26N2O2/c1-12(2)13-5-4-6-14(7-13)19(23)21(3)17-8-15-10-18(22)20-11-16(15)9-17/h4-7,12,15-17H,8-11H2,1-3H3,(H,20,22)/t15-,16+,17-/m1/s1. The lowest BCUT2D eigenvalue weighted by Crippen LogP contribution is -2.38. The third-order valence-corrected chi connectivity index (χ3v) is 5.49. The van der Waals surface area contributed by atoms with Crippen LogP contribution in [0.15, 0.2) is 24.3 Å². The average molecular weight is 314 g/mol. The summed E-state index contributed by atoms with van der Waals surface area (Å²) >= 11 is 0. The maximum absolute atomic E-state index is 12.8. The molecule has 2 aliphatic rings. The quantitative estimate of drug-likeness (QED) is 0.932.